The summed E-state index contributed by atoms with van der Waals surface area (Å²) in [5.41, 5.74) is 0. The van der Waals surface area contributed by atoms with Gasteiger partial charge in [-0.3, -0.25) is 4.79 Å². The Kier molecular flexibility index (Phi) is 39.6. The molecule has 52 heavy (non-hydrogen) atoms. The van der Waals surface area contributed by atoms with E-state index in [4.69, 9.17) is 0 Å². The van der Waals surface area contributed by atoms with Crippen molar-refractivity contribution in [1.82, 2.24) is 5.32 Å². The van der Waals surface area contributed by atoms with Crippen molar-refractivity contribution in [1.29, 1.82) is 0 Å². The lowest BCUT2D eigenvalue weighted by atomic mass is 10.00. The van der Waals surface area contributed by atoms with Gasteiger partial charge in [0.15, 0.2) is 0 Å². The first-order valence-electron chi connectivity index (χ1n) is 22.4. The molecule has 1 amide bonds. The fraction of sp³-hybridized carbons (Fsp3) is 0.848. The Morgan fingerprint density at radius 1 is 0.462 bits per heavy atom. The molecule has 0 saturated heterocycles. The molecular formula is C46H87NO5. The second kappa shape index (κ2) is 40.7. The maximum atomic E-state index is 12.5. The van der Waals surface area contributed by atoms with Gasteiger partial charge in [-0.15, -0.1) is 0 Å². The van der Waals surface area contributed by atoms with Gasteiger partial charge in [-0.05, 0) is 64.2 Å². The van der Waals surface area contributed by atoms with Crippen LogP contribution in [0.1, 0.15) is 219 Å². The first kappa shape index (κ1) is 50.5. The first-order chi connectivity index (χ1) is 25.5. The number of aliphatic hydroxyl groups is 4. The van der Waals surface area contributed by atoms with E-state index in [1.807, 2.05) is 0 Å². The number of nitrogens with one attached hydrogen (secondary N) is 1. The smallest absolute Gasteiger partial charge is 0.249 e. The van der Waals surface area contributed by atoms with E-state index in [1.165, 1.54) is 135 Å². The summed E-state index contributed by atoms with van der Waals surface area (Å²) in [7, 11) is 0. The lowest BCUT2D eigenvalue weighted by Crippen LogP contribution is -2.53. The minimum atomic E-state index is -1.29. The number of hydrogen-bond acceptors (Lipinski definition) is 5. The summed E-state index contributed by atoms with van der Waals surface area (Å²) in [5.74, 6) is -0.599. The quantitative estimate of drug-likeness (QED) is 0.0318. The molecule has 4 unspecified atom stereocenters. The minimum Gasteiger partial charge on any atom is -0.394 e. The molecule has 5 N–H and O–H groups in total. The topological polar surface area (TPSA) is 110 Å². The molecule has 0 heterocycles. The third kappa shape index (κ3) is 34.3. The normalized spacial score (nSPS) is 14.5. The van der Waals surface area contributed by atoms with Gasteiger partial charge in [-0.1, -0.05) is 192 Å². The average molecular weight is 734 g/mol. The van der Waals surface area contributed by atoms with Crippen LogP contribution in [0.25, 0.3) is 0 Å². The van der Waals surface area contributed by atoms with Gasteiger partial charge < -0.3 is 25.7 Å². The number of amides is 1. The van der Waals surface area contributed by atoms with Crippen molar-refractivity contribution in [2.75, 3.05) is 6.61 Å². The summed E-state index contributed by atoms with van der Waals surface area (Å²) < 4.78 is 0. The van der Waals surface area contributed by atoms with Gasteiger partial charge in [-0.2, -0.15) is 0 Å². The Bertz CT molecular complexity index is 828. The largest absolute Gasteiger partial charge is 0.394 e. The van der Waals surface area contributed by atoms with Crippen molar-refractivity contribution in [3.8, 4) is 0 Å². The summed E-state index contributed by atoms with van der Waals surface area (Å²) in [6.07, 6.45) is 47.5. The van der Waals surface area contributed by atoms with E-state index in [2.05, 4.69) is 55.6 Å². The second-order valence-corrected chi connectivity index (χ2v) is 15.4. The molecule has 0 spiro atoms. The minimum absolute atomic E-state index is 0.361. The number of unbranched alkanes of at least 4 members (excludes halogenated alkanes) is 25. The van der Waals surface area contributed by atoms with Crippen molar-refractivity contribution < 1.29 is 25.2 Å². The van der Waals surface area contributed by atoms with E-state index >= 15 is 0 Å². The lowest BCUT2D eigenvalue weighted by Gasteiger charge is -2.27. The van der Waals surface area contributed by atoms with Gasteiger partial charge in [-0.25, -0.2) is 0 Å². The van der Waals surface area contributed by atoms with Crippen LogP contribution in [0.5, 0.6) is 0 Å². The SMILES string of the molecule is CCCCCCCCCCC/C=C/CC/C=C/CC/C=C/CCCC(O)C(O)C(CO)NC(=O)C(O)CCCCCCCCCCCCCCCC. The number of carbonyl (C=O) groups is 1. The molecule has 0 radical (unpaired) electrons. The van der Waals surface area contributed by atoms with Gasteiger partial charge in [0.05, 0.1) is 18.8 Å². The summed E-state index contributed by atoms with van der Waals surface area (Å²) in [6.45, 7) is 4.03. The standard InChI is InChI=1S/C46H87NO5/c1-3-5-7-9-11-13-15-17-19-20-21-22-23-24-25-26-28-29-31-33-35-37-39-43(49)45(51)42(41-48)47-46(52)44(50)40-38-36-34-32-30-27-18-16-14-12-10-8-6-4-2/h21-22,25-26,31,33,42-45,48-51H,3-20,23-24,27-30,32,34-41H2,1-2H3,(H,47,52)/b22-21+,26-25+,33-31+. The molecule has 0 rings (SSSR count). The van der Waals surface area contributed by atoms with E-state index in [0.717, 1.165) is 51.4 Å². The summed E-state index contributed by atoms with van der Waals surface area (Å²) in [5, 5.41) is 43.6. The molecule has 0 bridgehead atoms. The number of carbonyl (C=O) groups excluding carboxylic acids is 1. The van der Waals surface area contributed by atoms with Gasteiger partial charge >= 0.3 is 0 Å². The Morgan fingerprint density at radius 2 is 0.808 bits per heavy atom. The fourth-order valence-electron chi connectivity index (χ4n) is 6.73. The van der Waals surface area contributed by atoms with Gasteiger partial charge in [0.2, 0.25) is 5.91 Å². The first-order valence-corrected chi connectivity index (χ1v) is 22.4. The lowest BCUT2D eigenvalue weighted by molar-refractivity contribution is -0.132. The number of aliphatic hydroxyl groups excluding tert-OH is 4. The van der Waals surface area contributed by atoms with Crippen LogP contribution in [0.3, 0.4) is 0 Å². The molecule has 0 saturated carbocycles. The van der Waals surface area contributed by atoms with Crippen LogP contribution in [-0.4, -0.2) is 57.3 Å². The van der Waals surface area contributed by atoms with Gasteiger partial charge in [0.1, 0.15) is 12.2 Å². The predicted molar refractivity (Wildman–Crippen MR) is 224 cm³/mol. The summed E-state index contributed by atoms with van der Waals surface area (Å²) in [6, 6.07) is -1.01. The third-order valence-electron chi connectivity index (χ3n) is 10.3. The fourth-order valence-corrected chi connectivity index (χ4v) is 6.73. The molecule has 0 aromatic rings. The van der Waals surface area contributed by atoms with E-state index < -0.39 is 36.9 Å². The van der Waals surface area contributed by atoms with Crippen molar-refractivity contribution >= 4 is 5.91 Å². The molecular weight excluding hydrogens is 647 g/mol. The van der Waals surface area contributed by atoms with E-state index in [0.29, 0.717) is 19.3 Å². The highest BCUT2D eigenvalue weighted by molar-refractivity contribution is 5.80. The maximum absolute atomic E-state index is 12.5. The van der Waals surface area contributed by atoms with Crippen LogP contribution in [0.4, 0.5) is 0 Å². The zero-order valence-corrected chi connectivity index (χ0v) is 34.3. The molecule has 0 aliphatic heterocycles. The zero-order chi connectivity index (χ0) is 38.2. The van der Waals surface area contributed by atoms with Gasteiger partial charge in [0.25, 0.3) is 0 Å². The zero-order valence-electron chi connectivity index (χ0n) is 34.3. The molecule has 6 heteroatoms. The second-order valence-electron chi connectivity index (χ2n) is 15.4. The molecule has 0 aliphatic carbocycles. The van der Waals surface area contributed by atoms with E-state index in [9.17, 15) is 25.2 Å². The Balaban J connectivity index is 3.82. The van der Waals surface area contributed by atoms with E-state index in [1.54, 1.807) is 0 Å². The number of hydrogen-bond donors (Lipinski definition) is 5. The van der Waals surface area contributed by atoms with Crippen molar-refractivity contribution in [3.05, 3.63) is 36.5 Å². The molecule has 6 nitrogen and oxygen atoms in total. The third-order valence-corrected chi connectivity index (χ3v) is 10.3. The molecule has 4 atom stereocenters. The monoisotopic (exact) mass is 734 g/mol. The van der Waals surface area contributed by atoms with Crippen LogP contribution in [0.15, 0.2) is 36.5 Å². The Labute approximate surface area is 322 Å². The molecule has 0 aliphatic rings. The summed E-state index contributed by atoms with van der Waals surface area (Å²) in [4.78, 5) is 12.5. The summed E-state index contributed by atoms with van der Waals surface area (Å²) >= 11 is 0. The highest BCUT2D eigenvalue weighted by Crippen LogP contribution is 2.15. The van der Waals surface area contributed by atoms with E-state index in [-0.39, 0.29) is 0 Å². The predicted octanol–water partition coefficient (Wildman–Crippen LogP) is 11.7. The number of allylic oxidation sites excluding steroid dienone is 6. The number of rotatable bonds is 40. The Hall–Kier alpha value is -1.47. The Morgan fingerprint density at radius 3 is 1.21 bits per heavy atom. The van der Waals surface area contributed by atoms with Crippen LogP contribution >= 0.6 is 0 Å². The molecule has 306 valence electrons. The molecule has 0 fully saturated rings. The van der Waals surface area contributed by atoms with Crippen molar-refractivity contribution in [2.24, 2.45) is 0 Å². The van der Waals surface area contributed by atoms with Gasteiger partial charge in [0, 0.05) is 0 Å². The van der Waals surface area contributed by atoms with Crippen LogP contribution in [0, 0.1) is 0 Å². The highest BCUT2D eigenvalue weighted by Gasteiger charge is 2.28. The molecule has 0 aromatic carbocycles. The van der Waals surface area contributed by atoms with Crippen molar-refractivity contribution in [2.45, 2.75) is 244 Å². The maximum Gasteiger partial charge on any atom is 0.249 e. The average Bonchev–Trinajstić information content (AvgIpc) is 3.15. The van der Waals surface area contributed by atoms with Crippen LogP contribution in [0.2, 0.25) is 0 Å². The van der Waals surface area contributed by atoms with Crippen molar-refractivity contribution in [3.63, 3.8) is 0 Å². The van der Waals surface area contributed by atoms with Crippen LogP contribution in [-0.2, 0) is 4.79 Å². The highest BCUT2D eigenvalue weighted by atomic mass is 16.3. The molecule has 0 aromatic heterocycles. The van der Waals surface area contributed by atoms with Crippen LogP contribution < -0.4 is 5.32 Å².